The molecule has 0 aliphatic rings. The number of benzene rings is 2. The molecule has 4 rings (SSSR count). The van der Waals surface area contributed by atoms with Crippen molar-refractivity contribution in [3.05, 3.63) is 71.4 Å². The first-order chi connectivity index (χ1) is 14.2. The van der Waals surface area contributed by atoms with Crippen molar-refractivity contribution in [3.8, 4) is 11.3 Å². The zero-order valence-electron chi connectivity index (χ0n) is 15.6. The van der Waals surface area contributed by atoms with E-state index in [0.29, 0.717) is 6.54 Å². The first-order valence-electron chi connectivity index (χ1n) is 8.93. The van der Waals surface area contributed by atoms with Crippen LogP contribution in [0.3, 0.4) is 0 Å². The number of nitrogens with zero attached hydrogens (tertiary/aromatic N) is 5. The Bertz CT molecular complexity index is 1080. The normalized spacial score (nSPS) is 10.8. The minimum atomic E-state index is -0.0926. The van der Waals surface area contributed by atoms with Gasteiger partial charge in [-0.1, -0.05) is 58.7 Å². The molecule has 1 N–H and O–H groups in total. The Balaban J connectivity index is 1.35. The van der Waals surface area contributed by atoms with Crippen LogP contribution in [0, 0.1) is 6.92 Å². The van der Waals surface area contributed by atoms with E-state index >= 15 is 0 Å². The van der Waals surface area contributed by atoms with Crippen LogP contribution in [-0.2, 0) is 11.3 Å². The van der Waals surface area contributed by atoms with Gasteiger partial charge in [0.05, 0.1) is 12.3 Å². The molecule has 0 bridgehead atoms. The van der Waals surface area contributed by atoms with Gasteiger partial charge in [-0.05, 0) is 36.2 Å². The van der Waals surface area contributed by atoms with Gasteiger partial charge in [0.15, 0.2) is 5.16 Å². The Morgan fingerprint density at radius 2 is 1.86 bits per heavy atom. The molecule has 7 nitrogen and oxygen atoms in total. The van der Waals surface area contributed by atoms with Crippen molar-refractivity contribution >= 4 is 34.9 Å². The lowest BCUT2D eigenvalue weighted by Crippen LogP contribution is -2.14. The zero-order valence-corrected chi connectivity index (χ0v) is 17.3. The summed E-state index contributed by atoms with van der Waals surface area (Å²) in [5, 5.41) is 17.9. The lowest BCUT2D eigenvalue weighted by atomic mass is 10.1. The Labute approximate surface area is 176 Å². The molecule has 9 heteroatoms. The number of nitrogens with one attached hydrogen (secondary N) is 1. The van der Waals surface area contributed by atoms with Gasteiger partial charge in [-0.3, -0.25) is 4.79 Å². The molecule has 29 heavy (non-hydrogen) atoms. The maximum atomic E-state index is 12.4. The summed E-state index contributed by atoms with van der Waals surface area (Å²) in [7, 11) is 0. The molecule has 0 aliphatic carbocycles. The van der Waals surface area contributed by atoms with Crippen LogP contribution in [-0.4, -0.2) is 36.0 Å². The van der Waals surface area contributed by atoms with Crippen molar-refractivity contribution in [1.29, 1.82) is 0 Å². The van der Waals surface area contributed by atoms with E-state index in [-0.39, 0.29) is 11.7 Å². The minimum Gasteiger partial charge on any atom is -0.325 e. The first-order valence-corrected chi connectivity index (χ1v) is 10.7. The van der Waals surface area contributed by atoms with Gasteiger partial charge in [-0.25, -0.2) is 0 Å². The average Bonchev–Trinajstić information content (AvgIpc) is 3.39. The van der Waals surface area contributed by atoms with Crippen LogP contribution < -0.4 is 5.32 Å². The molecule has 2 aromatic carbocycles. The van der Waals surface area contributed by atoms with Gasteiger partial charge in [0.1, 0.15) is 11.5 Å². The van der Waals surface area contributed by atoms with Crippen LogP contribution in [0.1, 0.15) is 11.4 Å². The SMILES string of the molecule is Cc1nnc(SCC(=O)Nc2ccc(-c3csnn3)cc2)n1Cc1ccccc1. The third-order valence-electron chi connectivity index (χ3n) is 4.24. The molecule has 0 saturated heterocycles. The number of hydrogen-bond acceptors (Lipinski definition) is 7. The Morgan fingerprint density at radius 3 is 2.59 bits per heavy atom. The highest BCUT2D eigenvalue weighted by Gasteiger charge is 2.12. The maximum absolute atomic E-state index is 12.4. The first kappa shape index (κ1) is 19.3. The van der Waals surface area contributed by atoms with Crippen molar-refractivity contribution < 1.29 is 4.79 Å². The largest absolute Gasteiger partial charge is 0.325 e. The van der Waals surface area contributed by atoms with E-state index in [0.717, 1.165) is 33.5 Å². The highest BCUT2D eigenvalue weighted by molar-refractivity contribution is 7.99. The lowest BCUT2D eigenvalue weighted by molar-refractivity contribution is -0.113. The summed E-state index contributed by atoms with van der Waals surface area (Å²) in [5.74, 6) is 0.985. The van der Waals surface area contributed by atoms with Gasteiger partial charge in [-0.2, -0.15) is 0 Å². The molecule has 0 radical (unpaired) electrons. The van der Waals surface area contributed by atoms with Crippen LogP contribution in [0.25, 0.3) is 11.3 Å². The summed E-state index contributed by atoms with van der Waals surface area (Å²) in [6, 6.07) is 17.7. The number of aryl methyl sites for hydroxylation is 1. The second-order valence-electron chi connectivity index (χ2n) is 6.31. The van der Waals surface area contributed by atoms with Crippen LogP contribution in [0.15, 0.2) is 65.1 Å². The predicted octanol–water partition coefficient (Wildman–Crippen LogP) is 3.88. The fraction of sp³-hybridized carbons (Fsp3) is 0.150. The molecular formula is C20H18N6OS2. The molecule has 0 spiro atoms. The van der Waals surface area contributed by atoms with E-state index in [2.05, 4.69) is 37.2 Å². The van der Waals surface area contributed by atoms with Gasteiger partial charge in [0, 0.05) is 16.6 Å². The highest BCUT2D eigenvalue weighted by atomic mass is 32.2. The van der Waals surface area contributed by atoms with Crippen LogP contribution in [0.5, 0.6) is 0 Å². The predicted molar refractivity (Wildman–Crippen MR) is 115 cm³/mol. The fourth-order valence-corrected chi connectivity index (χ4v) is 4.01. The molecule has 0 aliphatic heterocycles. The van der Waals surface area contributed by atoms with E-state index in [1.807, 2.05) is 59.3 Å². The molecule has 146 valence electrons. The second-order valence-corrected chi connectivity index (χ2v) is 7.86. The number of thioether (sulfide) groups is 1. The van der Waals surface area contributed by atoms with E-state index in [9.17, 15) is 4.79 Å². The number of carbonyl (C=O) groups is 1. The standard InChI is InChI=1S/C20H18N6OS2/c1-14-22-24-20(26(14)11-15-5-3-2-4-6-15)28-13-19(27)21-17-9-7-16(8-10-17)18-12-29-25-23-18/h2-10,12H,11,13H2,1H3,(H,21,27). The number of amides is 1. The van der Waals surface area contributed by atoms with Gasteiger partial charge in [0.2, 0.25) is 5.91 Å². The Hall–Kier alpha value is -3.04. The molecule has 0 unspecified atom stereocenters. The Morgan fingerprint density at radius 1 is 1.07 bits per heavy atom. The highest BCUT2D eigenvalue weighted by Crippen LogP contribution is 2.21. The number of anilines is 1. The second kappa shape index (κ2) is 8.97. The van der Waals surface area contributed by atoms with Crippen LogP contribution >= 0.6 is 23.3 Å². The summed E-state index contributed by atoms with van der Waals surface area (Å²) in [5.41, 5.74) is 3.70. The smallest absolute Gasteiger partial charge is 0.234 e. The van der Waals surface area contributed by atoms with E-state index in [4.69, 9.17) is 0 Å². The minimum absolute atomic E-state index is 0.0926. The molecule has 0 fully saturated rings. The molecule has 4 aromatic rings. The van der Waals surface area contributed by atoms with E-state index < -0.39 is 0 Å². The van der Waals surface area contributed by atoms with Crippen molar-refractivity contribution in [2.45, 2.75) is 18.6 Å². The summed E-state index contributed by atoms with van der Waals surface area (Å²) in [6.45, 7) is 2.59. The molecular weight excluding hydrogens is 404 g/mol. The Kier molecular flexibility index (Phi) is 5.97. The van der Waals surface area contributed by atoms with Crippen molar-refractivity contribution in [1.82, 2.24) is 24.4 Å². The molecule has 1 amide bonds. The summed E-state index contributed by atoms with van der Waals surface area (Å²) >= 11 is 2.69. The molecule has 0 saturated carbocycles. The fourth-order valence-electron chi connectivity index (χ4n) is 2.76. The third kappa shape index (κ3) is 4.87. The van der Waals surface area contributed by atoms with Crippen LogP contribution in [0.2, 0.25) is 0 Å². The maximum Gasteiger partial charge on any atom is 0.234 e. The van der Waals surface area contributed by atoms with Crippen LogP contribution in [0.4, 0.5) is 5.69 Å². The van der Waals surface area contributed by atoms with Gasteiger partial charge >= 0.3 is 0 Å². The summed E-state index contributed by atoms with van der Waals surface area (Å²) in [4.78, 5) is 12.4. The summed E-state index contributed by atoms with van der Waals surface area (Å²) in [6.07, 6.45) is 0. The zero-order chi connectivity index (χ0) is 20.1. The van der Waals surface area contributed by atoms with E-state index in [1.165, 1.54) is 23.3 Å². The third-order valence-corrected chi connectivity index (χ3v) is 5.71. The van der Waals surface area contributed by atoms with Crippen molar-refractivity contribution in [2.24, 2.45) is 0 Å². The van der Waals surface area contributed by atoms with Gasteiger partial charge < -0.3 is 9.88 Å². The number of hydrogen-bond donors (Lipinski definition) is 1. The molecule has 2 aromatic heterocycles. The quantitative estimate of drug-likeness (QED) is 0.455. The summed E-state index contributed by atoms with van der Waals surface area (Å²) < 4.78 is 5.88. The van der Waals surface area contributed by atoms with Crippen molar-refractivity contribution in [3.63, 3.8) is 0 Å². The molecule has 0 atom stereocenters. The lowest BCUT2D eigenvalue weighted by Gasteiger charge is -2.09. The number of aromatic nitrogens is 5. The molecule has 2 heterocycles. The monoisotopic (exact) mass is 422 g/mol. The van der Waals surface area contributed by atoms with E-state index in [1.54, 1.807) is 0 Å². The van der Waals surface area contributed by atoms with Gasteiger partial charge in [-0.15, -0.1) is 15.3 Å². The number of carbonyl (C=O) groups excluding carboxylic acids is 1. The van der Waals surface area contributed by atoms with Crippen molar-refractivity contribution in [2.75, 3.05) is 11.1 Å². The topological polar surface area (TPSA) is 85.6 Å². The number of rotatable bonds is 7. The van der Waals surface area contributed by atoms with Gasteiger partial charge in [0.25, 0.3) is 0 Å². The average molecular weight is 423 g/mol.